The average molecular weight is 473 g/mol. The fraction of sp³-hybridized carbons (Fsp3) is 0.667. The van der Waals surface area contributed by atoms with Crippen molar-refractivity contribution in [3.63, 3.8) is 0 Å². The van der Waals surface area contributed by atoms with Crippen LogP contribution in [0, 0.1) is 5.41 Å². The molecule has 1 fully saturated rings. The van der Waals surface area contributed by atoms with E-state index in [2.05, 4.69) is 47.9 Å². The van der Waals surface area contributed by atoms with Crippen molar-refractivity contribution in [3.8, 4) is 0 Å². The van der Waals surface area contributed by atoms with Crippen LogP contribution < -0.4 is 10.6 Å². The van der Waals surface area contributed by atoms with Crippen molar-refractivity contribution >= 4 is 29.9 Å². The maximum atomic E-state index is 9.45. The van der Waals surface area contributed by atoms with Gasteiger partial charge in [-0.2, -0.15) is 0 Å². The second-order valence-electron chi connectivity index (χ2n) is 7.25. The van der Waals surface area contributed by atoms with Crippen LogP contribution in [0.1, 0.15) is 57.4 Å². The molecule has 0 saturated heterocycles. The zero-order valence-electron chi connectivity index (χ0n) is 16.2. The third-order valence-corrected chi connectivity index (χ3v) is 5.25. The summed E-state index contributed by atoms with van der Waals surface area (Å²) < 4.78 is 0. The number of hydrogen-bond donors (Lipinski definition) is 3. The van der Waals surface area contributed by atoms with E-state index in [1.807, 2.05) is 0 Å². The Balaban J connectivity index is 0.00000338. The lowest BCUT2D eigenvalue weighted by Gasteiger charge is -2.35. The Bertz CT molecular complexity index is 496. The van der Waals surface area contributed by atoms with Crippen LogP contribution in [0.2, 0.25) is 0 Å². The summed E-state index contributed by atoms with van der Waals surface area (Å²) >= 11 is 0. The van der Waals surface area contributed by atoms with Gasteiger partial charge in [0.15, 0.2) is 5.96 Å². The largest absolute Gasteiger partial charge is 0.396 e. The Morgan fingerprint density at radius 2 is 1.85 bits per heavy atom. The van der Waals surface area contributed by atoms with Crippen LogP contribution in [0.25, 0.3) is 0 Å². The molecule has 1 aromatic rings. The number of halogens is 1. The number of guanidine groups is 1. The first kappa shape index (κ1) is 23.2. The first-order valence-corrected chi connectivity index (χ1v) is 9.95. The first-order chi connectivity index (χ1) is 12.3. The summed E-state index contributed by atoms with van der Waals surface area (Å²) in [6.07, 6.45) is 9.33. The summed E-state index contributed by atoms with van der Waals surface area (Å²) in [5, 5.41) is 16.3. The summed E-state index contributed by atoms with van der Waals surface area (Å²) in [4.78, 5) is 4.86. The lowest BCUT2D eigenvalue weighted by atomic mass is 9.72. The van der Waals surface area contributed by atoms with Gasteiger partial charge < -0.3 is 15.7 Å². The van der Waals surface area contributed by atoms with Crippen molar-refractivity contribution < 1.29 is 5.11 Å². The van der Waals surface area contributed by atoms with Gasteiger partial charge in [-0.15, -0.1) is 24.0 Å². The molecule has 0 aromatic heterocycles. The lowest BCUT2D eigenvalue weighted by Crippen LogP contribution is -2.39. The third kappa shape index (κ3) is 8.25. The highest BCUT2D eigenvalue weighted by Gasteiger charge is 2.31. The molecule has 1 saturated carbocycles. The summed E-state index contributed by atoms with van der Waals surface area (Å²) in [7, 11) is 0. The van der Waals surface area contributed by atoms with Gasteiger partial charge in [0.2, 0.25) is 0 Å². The number of aliphatic hydroxyl groups excluding tert-OH is 1. The van der Waals surface area contributed by atoms with Crippen molar-refractivity contribution in [3.05, 3.63) is 35.9 Å². The van der Waals surface area contributed by atoms with Crippen LogP contribution in [0.4, 0.5) is 0 Å². The quantitative estimate of drug-likeness (QED) is 0.219. The van der Waals surface area contributed by atoms with Gasteiger partial charge in [-0.25, -0.2) is 0 Å². The molecule has 0 atom stereocenters. The zero-order chi connectivity index (χ0) is 17.8. The van der Waals surface area contributed by atoms with Crippen LogP contribution in [0.3, 0.4) is 0 Å². The van der Waals surface area contributed by atoms with E-state index in [-0.39, 0.29) is 36.0 Å². The smallest absolute Gasteiger partial charge is 0.191 e. The zero-order valence-corrected chi connectivity index (χ0v) is 18.5. The van der Waals surface area contributed by atoms with Crippen LogP contribution in [0.5, 0.6) is 0 Å². The van der Waals surface area contributed by atoms with E-state index in [1.54, 1.807) is 0 Å². The molecule has 0 heterocycles. The number of aliphatic hydroxyl groups is 1. The van der Waals surface area contributed by atoms with Crippen molar-refractivity contribution in [2.75, 3.05) is 26.2 Å². The summed E-state index contributed by atoms with van der Waals surface area (Å²) in [5.74, 6) is 0.915. The van der Waals surface area contributed by atoms with E-state index < -0.39 is 0 Å². The normalized spacial score (nSPS) is 16.6. The van der Waals surface area contributed by atoms with E-state index in [0.717, 1.165) is 44.9 Å². The van der Waals surface area contributed by atoms with Gasteiger partial charge in [0, 0.05) is 26.2 Å². The van der Waals surface area contributed by atoms with E-state index >= 15 is 0 Å². The summed E-state index contributed by atoms with van der Waals surface area (Å²) in [6.45, 7) is 4.99. The van der Waals surface area contributed by atoms with E-state index in [0.29, 0.717) is 0 Å². The lowest BCUT2D eigenvalue weighted by molar-refractivity contribution is 0.137. The Labute approximate surface area is 176 Å². The minimum Gasteiger partial charge on any atom is -0.396 e. The monoisotopic (exact) mass is 473 g/mol. The van der Waals surface area contributed by atoms with Gasteiger partial charge >= 0.3 is 0 Å². The topological polar surface area (TPSA) is 56.7 Å². The molecule has 148 valence electrons. The molecule has 0 bridgehead atoms. The molecule has 0 amide bonds. The number of rotatable bonds is 9. The maximum absolute atomic E-state index is 9.45. The van der Waals surface area contributed by atoms with Gasteiger partial charge in [-0.1, -0.05) is 49.6 Å². The summed E-state index contributed by atoms with van der Waals surface area (Å²) in [6, 6.07) is 10.6. The Kier molecular flexibility index (Phi) is 11.9. The molecular weight excluding hydrogens is 437 g/mol. The molecule has 1 aromatic carbocycles. The van der Waals surface area contributed by atoms with Crippen molar-refractivity contribution in [2.45, 2.75) is 58.3 Å². The molecule has 0 aliphatic heterocycles. The Hall–Kier alpha value is -0.820. The SMILES string of the molecule is CCNC(=NCC1(CCO)CCCCC1)NCCCc1ccccc1.I. The highest BCUT2D eigenvalue weighted by molar-refractivity contribution is 14.0. The number of aryl methyl sites for hydroxylation is 1. The standard InChI is InChI=1S/C21H35N3O.HI/c1-2-22-20(23-16-9-12-19-10-5-3-6-11-19)24-18-21(15-17-25)13-7-4-8-14-21;/h3,5-6,10-11,25H,2,4,7-9,12-18H2,1H3,(H2,22,23,24);1H. The highest BCUT2D eigenvalue weighted by atomic mass is 127. The van der Waals surface area contributed by atoms with Gasteiger partial charge in [0.05, 0.1) is 0 Å². The van der Waals surface area contributed by atoms with E-state index in [4.69, 9.17) is 4.99 Å². The van der Waals surface area contributed by atoms with Crippen molar-refractivity contribution in [1.82, 2.24) is 10.6 Å². The maximum Gasteiger partial charge on any atom is 0.191 e. The molecule has 2 rings (SSSR count). The predicted octanol–water partition coefficient (Wildman–Crippen LogP) is 4.13. The number of nitrogens with one attached hydrogen (secondary N) is 2. The molecule has 5 heteroatoms. The number of benzene rings is 1. The highest BCUT2D eigenvalue weighted by Crippen LogP contribution is 2.39. The number of hydrogen-bond acceptors (Lipinski definition) is 2. The fourth-order valence-corrected chi connectivity index (χ4v) is 3.76. The second-order valence-corrected chi connectivity index (χ2v) is 7.25. The van der Waals surface area contributed by atoms with Gasteiger partial charge in [-0.05, 0) is 50.0 Å². The van der Waals surface area contributed by atoms with Crippen LogP contribution >= 0.6 is 24.0 Å². The van der Waals surface area contributed by atoms with Gasteiger partial charge in [0.25, 0.3) is 0 Å². The third-order valence-electron chi connectivity index (χ3n) is 5.25. The molecule has 26 heavy (non-hydrogen) atoms. The molecule has 0 unspecified atom stereocenters. The Morgan fingerprint density at radius 3 is 2.50 bits per heavy atom. The number of nitrogens with zero attached hydrogens (tertiary/aromatic N) is 1. The molecule has 0 spiro atoms. The molecule has 1 aliphatic carbocycles. The minimum atomic E-state index is 0. The van der Waals surface area contributed by atoms with E-state index in [9.17, 15) is 5.11 Å². The van der Waals surface area contributed by atoms with Crippen LogP contribution in [-0.2, 0) is 6.42 Å². The minimum absolute atomic E-state index is 0. The van der Waals surface area contributed by atoms with Crippen molar-refractivity contribution in [2.24, 2.45) is 10.4 Å². The van der Waals surface area contributed by atoms with Crippen LogP contribution in [0.15, 0.2) is 35.3 Å². The fourth-order valence-electron chi connectivity index (χ4n) is 3.76. The summed E-state index contributed by atoms with van der Waals surface area (Å²) in [5.41, 5.74) is 1.59. The van der Waals surface area contributed by atoms with Gasteiger partial charge in [-0.3, -0.25) is 4.99 Å². The molecule has 0 radical (unpaired) electrons. The van der Waals surface area contributed by atoms with Gasteiger partial charge in [0.1, 0.15) is 0 Å². The molecule has 1 aliphatic rings. The second kappa shape index (κ2) is 13.4. The van der Waals surface area contributed by atoms with Crippen molar-refractivity contribution in [1.29, 1.82) is 0 Å². The molecule has 4 nitrogen and oxygen atoms in total. The van der Waals surface area contributed by atoms with Crippen LogP contribution in [-0.4, -0.2) is 37.3 Å². The van der Waals surface area contributed by atoms with E-state index in [1.165, 1.54) is 37.7 Å². The predicted molar refractivity (Wildman–Crippen MR) is 121 cm³/mol. The molecule has 3 N–H and O–H groups in total. The number of aliphatic imine (C=N–C) groups is 1. The first-order valence-electron chi connectivity index (χ1n) is 9.95. The molecular formula is C21H36IN3O. The average Bonchev–Trinajstić information content (AvgIpc) is 2.65. The Morgan fingerprint density at radius 1 is 1.12 bits per heavy atom.